The van der Waals surface area contributed by atoms with Crippen LogP contribution in [-0.4, -0.2) is 21.8 Å². The predicted octanol–water partition coefficient (Wildman–Crippen LogP) is 2.46. The quantitative estimate of drug-likeness (QED) is 0.898. The molecule has 1 aromatic heterocycles. The van der Waals surface area contributed by atoms with Crippen LogP contribution in [0, 0.1) is 0 Å². The number of aryl methyl sites for hydroxylation is 1. The molecule has 0 amide bonds. The number of aliphatic hydroxyl groups excluding tert-OH is 1. The Kier molecular flexibility index (Phi) is 4.22. The van der Waals surface area contributed by atoms with Crippen molar-refractivity contribution in [3.05, 3.63) is 47.5 Å². The summed E-state index contributed by atoms with van der Waals surface area (Å²) >= 11 is 0. The third kappa shape index (κ3) is 2.79. The van der Waals surface area contributed by atoms with Gasteiger partial charge in [-0.3, -0.25) is 0 Å². The molecule has 1 heterocycles. The normalized spacial score (nSPS) is 12.4. The maximum Gasteiger partial charge on any atom is 0.121 e. The monoisotopic (exact) mass is 260 g/mol. The van der Waals surface area contributed by atoms with Gasteiger partial charge in [-0.1, -0.05) is 19.1 Å². The van der Waals surface area contributed by atoms with Gasteiger partial charge in [0.1, 0.15) is 17.7 Å². The van der Waals surface area contributed by atoms with Crippen molar-refractivity contribution >= 4 is 0 Å². The Bertz CT molecular complexity index is 532. The zero-order chi connectivity index (χ0) is 13.8. The zero-order valence-corrected chi connectivity index (χ0v) is 11.6. The number of imidazole rings is 1. The third-order valence-electron chi connectivity index (χ3n) is 3.31. The molecule has 2 aromatic rings. The summed E-state index contributed by atoms with van der Waals surface area (Å²) in [5, 5.41) is 10.4. The van der Waals surface area contributed by atoms with Gasteiger partial charge in [0.25, 0.3) is 0 Å². The minimum absolute atomic E-state index is 0.658. The first-order valence-corrected chi connectivity index (χ1v) is 6.49. The number of nitrogens with zero attached hydrogens (tertiary/aromatic N) is 2. The van der Waals surface area contributed by atoms with E-state index in [0.29, 0.717) is 0 Å². The predicted molar refractivity (Wildman–Crippen MR) is 74.3 cm³/mol. The highest BCUT2D eigenvalue weighted by Crippen LogP contribution is 2.24. The van der Waals surface area contributed by atoms with Gasteiger partial charge in [-0.25, -0.2) is 4.98 Å². The molecule has 0 unspecified atom stereocenters. The molecule has 1 aromatic carbocycles. The number of aromatic nitrogens is 2. The maximum atomic E-state index is 10.4. The van der Waals surface area contributed by atoms with E-state index in [1.54, 1.807) is 13.3 Å². The Morgan fingerprint density at radius 2 is 2.00 bits per heavy atom. The lowest BCUT2D eigenvalue weighted by atomic mass is 10.1. The average Bonchev–Trinajstić information content (AvgIpc) is 2.80. The van der Waals surface area contributed by atoms with Crippen molar-refractivity contribution in [3.8, 4) is 5.75 Å². The van der Waals surface area contributed by atoms with Crippen molar-refractivity contribution in [3.63, 3.8) is 0 Å². The molecule has 0 spiro atoms. The standard InChI is InChI=1S/C15H20N2O2/c1-4-5-14-16-10-13(17(14)2)15(18)11-6-8-12(19-3)9-7-11/h6-10,15,18H,4-5H2,1-3H3/t15-/m1/s1. The van der Waals surface area contributed by atoms with Crippen molar-refractivity contribution < 1.29 is 9.84 Å². The van der Waals surface area contributed by atoms with Crippen LogP contribution in [0.4, 0.5) is 0 Å². The lowest BCUT2D eigenvalue weighted by molar-refractivity contribution is 0.211. The van der Waals surface area contributed by atoms with Crippen LogP contribution >= 0.6 is 0 Å². The maximum absolute atomic E-state index is 10.4. The summed E-state index contributed by atoms with van der Waals surface area (Å²) in [5.74, 6) is 1.79. The van der Waals surface area contributed by atoms with Crippen LogP contribution in [0.25, 0.3) is 0 Å². The lowest BCUT2D eigenvalue weighted by Gasteiger charge is -2.13. The topological polar surface area (TPSA) is 47.3 Å². The van der Waals surface area contributed by atoms with E-state index in [1.807, 2.05) is 35.9 Å². The van der Waals surface area contributed by atoms with Crippen LogP contribution in [-0.2, 0) is 13.5 Å². The molecule has 4 nitrogen and oxygen atoms in total. The molecule has 0 saturated carbocycles. The Morgan fingerprint density at radius 1 is 1.32 bits per heavy atom. The van der Waals surface area contributed by atoms with Crippen molar-refractivity contribution in [1.29, 1.82) is 0 Å². The molecule has 0 aliphatic rings. The van der Waals surface area contributed by atoms with Crippen LogP contribution in [0.2, 0.25) is 0 Å². The van der Waals surface area contributed by atoms with E-state index >= 15 is 0 Å². The summed E-state index contributed by atoms with van der Waals surface area (Å²) in [4.78, 5) is 4.36. The molecule has 102 valence electrons. The number of benzene rings is 1. The molecule has 4 heteroatoms. The largest absolute Gasteiger partial charge is 0.497 e. The van der Waals surface area contributed by atoms with Crippen molar-refractivity contribution in [2.45, 2.75) is 25.9 Å². The molecule has 0 fully saturated rings. The van der Waals surface area contributed by atoms with E-state index in [4.69, 9.17) is 4.74 Å². The van der Waals surface area contributed by atoms with E-state index in [2.05, 4.69) is 11.9 Å². The SMILES string of the molecule is CCCc1ncc([C@H](O)c2ccc(OC)cc2)n1C. The molecule has 0 radical (unpaired) electrons. The second-order valence-electron chi connectivity index (χ2n) is 4.58. The second-order valence-corrected chi connectivity index (χ2v) is 4.58. The fourth-order valence-electron chi connectivity index (χ4n) is 2.13. The number of rotatable bonds is 5. The first-order chi connectivity index (χ1) is 9.17. The highest BCUT2D eigenvalue weighted by molar-refractivity contribution is 5.32. The van der Waals surface area contributed by atoms with E-state index < -0.39 is 6.10 Å². The van der Waals surface area contributed by atoms with E-state index in [-0.39, 0.29) is 0 Å². The van der Waals surface area contributed by atoms with Crippen molar-refractivity contribution in [2.75, 3.05) is 7.11 Å². The highest BCUT2D eigenvalue weighted by Gasteiger charge is 2.16. The lowest BCUT2D eigenvalue weighted by Crippen LogP contribution is -2.07. The number of aliphatic hydroxyl groups is 1. The van der Waals surface area contributed by atoms with Gasteiger partial charge in [0.05, 0.1) is 19.0 Å². The zero-order valence-electron chi connectivity index (χ0n) is 11.6. The fourth-order valence-corrected chi connectivity index (χ4v) is 2.13. The van der Waals surface area contributed by atoms with E-state index in [1.165, 1.54) is 0 Å². The van der Waals surface area contributed by atoms with Crippen molar-refractivity contribution in [2.24, 2.45) is 7.05 Å². The van der Waals surface area contributed by atoms with Gasteiger partial charge in [0, 0.05) is 13.5 Å². The molecule has 1 atom stereocenters. The molecule has 1 N–H and O–H groups in total. The van der Waals surface area contributed by atoms with Crippen LogP contribution < -0.4 is 4.74 Å². The first-order valence-electron chi connectivity index (χ1n) is 6.49. The third-order valence-corrected chi connectivity index (χ3v) is 3.31. The summed E-state index contributed by atoms with van der Waals surface area (Å²) in [5.41, 5.74) is 1.65. The summed E-state index contributed by atoms with van der Waals surface area (Å²) in [6.07, 6.45) is 3.06. The second kappa shape index (κ2) is 5.89. The number of hydrogen-bond donors (Lipinski definition) is 1. The highest BCUT2D eigenvalue weighted by atomic mass is 16.5. The smallest absolute Gasteiger partial charge is 0.121 e. The van der Waals surface area contributed by atoms with Gasteiger partial charge in [-0.2, -0.15) is 0 Å². The molecular formula is C15H20N2O2. The molecule has 0 saturated heterocycles. The number of hydrogen-bond acceptors (Lipinski definition) is 3. The van der Waals surface area contributed by atoms with Crippen LogP contribution in [0.1, 0.15) is 36.5 Å². The molecule has 0 aliphatic carbocycles. The van der Waals surface area contributed by atoms with Gasteiger partial charge in [-0.05, 0) is 24.1 Å². The molecular weight excluding hydrogens is 240 g/mol. The van der Waals surface area contributed by atoms with Gasteiger partial charge in [-0.15, -0.1) is 0 Å². The van der Waals surface area contributed by atoms with Gasteiger partial charge < -0.3 is 14.4 Å². The molecule has 2 rings (SSSR count). The van der Waals surface area contributed by atoms with Crippen LogP contribution in [0.15, 0.2) is 30.5 Å². The van der Waals surface area contributed by atoms with Gasteiger partial charge in [0.2, 0.25) is 0 Å². The molecule has 0 aliphatic heterocycles. The fraction of sp³-hybridized carbons (Fsp3) is 0.400. The average molecular weight is 260 g/mol. The van der Waals surface area contributed by atoms with Crippen molar-refractivity contribution in [1.82, 2.24) is 9.55 Å². The summed E-state index contributed by atoms with van der Waals surface area (Å²) in [6, 6.07) is 7.44. The Morgan fingerprint density at radius 3 is 2.58 bits per heavy atom. The minimum atomic E-state index is -0.658. The summed E-state index contributed by atoms with van der Waals surface area (Å²) < 4.78 is 7.09. The van der Waals surface area contributed by atoms with Gasteiger partial charge >= 0.3 is 0 Å². The molecule has 19 heavy (non-hydrogen) atoms. The van der Waals surface area contributed by atoms with E-state index in [9.17, 15) is 5.11 Å². The minimum Gasteiger partial charge on any atom is -0.497 e. The number of ether oxygens (including phenoxy) is 1. The summed E-state index contributed by atoms with van der Waals surface area (Å²) in [6.45, 7) is 2.12. The first kappa shape index (κ1) is 13.6. The Labute approximate surface area is 113 Å². The Balaban J connectivity index is 2.25. The Hall–Kier alpha value is -1.81. The van der Waals surface area contributed by atoms with Crippen LogP contribution in [0.5, 0.6) is 5.75 Å². The van der Waals surface area contributed by atoms with Crippen LogP contribution in [0.3, 0.4) is 0 Å². The molecule has 0 bridgehead atoms. The van der Waals surface area contributed by atoms with Gasteiger partial charge in [0.15, 0.2) is 0 Å². The summed E-state index contributed by atoms with van der Waals surface area (Å²) in [7, 11) is 3.57. The van der Waals surface area contributed by atoms with E-state index in [0.717, 1.165) is 35.7 Å². The number of methoxy groups -OCH3 is 1.